The molecule has 3 heteroatoms. The van der Waals surface area contributed by atoms with Crippen molar-refractivity contribution in [2.45, 2.75) is 0 Å². The second kappa shape index (κ2) is 4.46. The molecule has 4 aromatic rings. The largest absolute Gasteiger partial charge is 0.489 e. The fourth-order valence-electron chi connectivity index (χ4n) is 3.33. The summed E-state index contributed by atoms with van der Waals surface area (Å²) in [5.74, 6) is 0.816. The lowest BCUT2D eigenvalue weighted by atomic mass is 10.0. The second-order valence-corrected chi connectivity index (χ2v) is 5.81. The molecule has 0 saturated carbocycles. The van der Waals surface area contributed by atoms with Crippen molar-refractivity contribution in [2.24, 2.45) is 0 Å². The van der Waals surface area contributed by atoms with Crippen molar-refractivity contribution in [2.75, 3.05) is 6.61 Å². The number of aromatic nitrogens is 1. The summed E-state index contributed by atoms with van der Waals surface area (Å²) in [5.41, 5.74) is 2.70. The quantitative estimate of drug-likeness (QED) is 0.493. The molecule has 0 amide bonds. The summed E-state index contributed by atoms with van der Waals surface area (Å²) >= 11 is 0. The molecule has 1 N–H and O–H groups in total. The van der Waals surface area contributed by atoms with Crippen LogP contribution in [0.25, 0.3) is 38.7 Å². The van der Waals surface area contributed by atoms with E-state index in [-0.39, 0.29) is 5.43 Å². The zero-order valence-electron chi connectivity index (χ0n) is 12.3. The third kappa shape index (κ3) is 1.73. The highest BCUT2D eigenvalue weighted by Crippen LogP contribution is 2.31. The molecule has 0 radical (unpaired) electrons. The van der Waals surface area contributed by atoms with Crippen molar-refractivity contribution in [3.8, 4) is 5.75 Å². The molecule has 0 unspecified atom stereocenters. The van der Waals surface area contributed by atoms with Gasteiger partial charge >= 0.3 is 0 Å². The van der Waals surface area contributed by atoms with Gasteiger partial charge in [-0.25, -0.2) is 0 Å². The predicted octanol–water partition coefficient (Wildman–Crippen LogP) is 4.24. The second-order valence-electron chi connectivity index (χ2n) is 5.81. The number of hydrogen-bond acceptors (Lipinski definition) is 2. The molecule has 110 valence electrons. The molecule has 0 saturated heterocycles. The fraction of sp³-hybridized carbons (Fsp3) is 0.0500. The van der Waals surface area contributed by atoms with Crippen LogP contribution in [0.3, 0.4) is 0 Å². The van der Waals surface area contributed by atoms with Gasteiger partial charge in [0.2, 0.25) is 0 Å². The number of hydrogen-bond donors (Lipinski definition) is 1. The van der Waals surface area contributed by atoms with E-state index in [1.165, 1.54) is 0 Å². The Bertz CT molecular complexity index is 1190. The van der Waals surface area contributed by atoms with Crippen molar-refractivity contribution < 1.29 is 4.74 Å². The minimum atomic E-state index is 0.0567. The molecule has 3 aromatic carbocycles. The Balaban J connectivity index is 1.99. The Morgan fingerprint density at radius 1 is 0.957 bits per heavy atom. The Morgan fingerprint density at radius 3 is 2.65 bits per heavy atom. The molecule has 0 spiro atoms. The zero-order chi connectivity index (χ0) is 15.4. The fourth-order valence-corrected chi connectivity index (χ4v) is 3.33. The van der Waals surface area contributed by atoms with Gasteiger partial charge in [-0.2, -0.15) is 0 Å². The maximum absolute atomic E-state index is 12.9. The smallest absolute Gasteiger partial charge is 0.197 e. The molecular weight excluding hydrogens is 286 g/mol. The van der Waals surface area contributed by atoms with Crippen LogP contribution in [0, 0.1) is 0 Å². The Morgan fingerprint density at radius 2 is 1.78 bits per heavy atom. The molecule has 3 nitrogen and oxygen atoms in total. The Hall–Kier alpha value is -3.07. The van der Waals surface area contributed by atoms with E-state index >= 15 is 0 Å². The van der Waals surface area contributed by atoms with E-state index in [0.717, 1.165) is 38.5 Å². The molecule has 0 aliphatic carbocycles. The van der Waals surface area contributed by atoms with E-state index in [2.05, 4.69) is 11.1 Å². The number of fused-ring (bicyclic) bond motifs is 5. The molecule has 5 rings (SSSR count). The third-order valence-corrected chi connectivity index (χ3v) is 4.46. The van der Waals surface area contributed by atoms with Crippen LogP contribution in [0.1, 0.15) is 5.56 Å². The number of benzene rings is 3. The summed E-state index contributed by atoms with van der Waals surface area (Å²) < 4.78 is 5.64. The number of nitrogens with one attached hydrogen (secondary N) is 1. The van der Waals surface area contributed by atoms with E-state index in [1.807, 2.05) is 54.6 Å². The van der Waals surface area contributed by atoms with Gasteiger partial charge in [0.05, 0.1) is 11.0 Å². The molecule has 1 aliphatic rings. The molecule has 2 heterocycles. The molecule has 0 atom stereocenters. The van der Waals surface area contributed by atoms with E-state index in [9.17, 15) is 4.79 Å². The average molecular weight is 299 g/mol. The van der Waals surface area contributed by atoms with Crippen LogP contribution in [0.2, 0.25) is 0 Å². The highest BCUT2D eigenvalue weighted by molar-refractivity contribution is 6.03. The van der Waals surface area contributed by atoms with Crippen molar-refractivity contribution >= 4 is 38.7 Å². The minimum Gasteiger partial charge on any atom is -0.489 e. The van der Waals surface area contributed by atoms with Crippen LogP contribution in [0.5, 0.6) is 5.75 Å². The van der Waals surface area contributed by atoms with Crippen molar-refractivity contribution in [1.82, 2.24) is 4.98 Å². The molecular formula is C20H13NO2. The van der Waals surface area contributed by atoms with Gasteiger partial charge < -0.3 is 9.72 Å². The minimum absolute atomic E-state index is 0.0567. The van der Waals surface area contributed by atoms with E-state index in [0.29, 0.717) is 12.0 Å². The number of ether oxygens (including phenoxy) is 1. The molecule has 23 heavy (non-hydrogen) atoms. The van der Waals surface area contributed by atoms with Crippen LogP contribution in [-0.4, -0.2) is 11.6 Å². The van der Waals surface area contributed by atoms with Gasteiger partial charge in [0.1, 0.15) is 12.4 Å². The molecule has 0 fully saturated rings. The number of aromatic amines is 1. The lowest BCUT2D eigenvalue weighted by Crippen LogP contribution is -2.07. The predicted molar refractivity (Wildman–Crippen MR) is 94.1 cm³/mol. The Labute approximate surface area is 131 Å². The topological polar surface area (TPSA) is 42.1 Å². The highest BCUT2D eigenvalue weighted by Gasteiger charge is 2.14. The van der Waals surface area contributed by atoms with Gasteiger partial charge in [-0.1, -0.05) is 24.3 Å². The van der Waals surface area contributed by atoms with Crippen LogP contribution in [-0.2, 0) is 0 Å². The monoisotopic (exact) mass is 299 g/mol. The third-order valence-electron chi connectivity index (χ3n) is 4.46. The van der Waals surface area contributed by atoms with E-state index in [1.54, 1.807) is 0 Å². The van der Waals surface area contributed by atoms with Gasteiger partial charge in [0.25, 0.3) is 0 Å². The maximum atomic E-state index is 12.9. The number of H-pyrrole nitrogens is 1. The van der Waals surface area contributed by atoms with Crippen LogP contribution in [0.15, 0.2) is 59.4 Å². The summed E-state index contributed by atoms with van der Waals surface area (Å²) in [6, 6.07) is 15.8. The van der Waals surface area contributed by atoms with Crippen LogP contribution < -0.4 is 10.2 Å². The molecule has 1 aromatic heterocycles. The first-order chi connectivity index (χ1) is 11.3. The van der Waals surface area contributed by atoms with E-state index < -0.39 is 0 Å². The van der Waals surface area contributed by atoms with Crippen molar-refractivity contribution in [3.63, 3.8) is 0 Å². The van der Waals surface area contributed by atoms with Gasteiger partial charge in [0, 0.05) is 16.3 Å². The standard InChI is InChI=1S/C20H13NO2/c22-20-15-7-8-18-14(6-3-9-23-18)19(15)21-17-11-13-5-2-1-4-12(13)10-16(17)20/h1-8,10-11H,9H2,(H,21,22). The first kappa shape index (κ1) is 12.5. The van der Waals surface area contributed by atoms with Gasteiger partial charge in [-0.05, 0) is 47.2 Å². The Kier molecular flexibility index (Phi) is 2.42. The SMILES string of the molecule is O=c1c2cc3ccccc3cc2[nH]c2c3c(ccc12)OCC=C3. The average Bonchev–Trinajstić information content (AvgIpc) is 2.60. The first-order valence-corrected chi connectivity index (χ1v) is 7.62. The first-order valence-electron chi connectivity index (χ1n) is 7.62. The summed E-state index contributed by atoms with van der Waals surface area (Å²) in [6.07, 6.45) is 3.98. The number of pyridine rings is 1. The summed E-state index contributed by atoms with van der Waals surface area (Å²) in [4.78, 5) is 16.4. The lowest BCUT2D eigenvalue weighted by molar-refractivity contribution is 0.359. The highest BCUT2D eigenvalue weighted by atomic mass is 16.5. The lowest BCUT2D eigenvalue weighted by Gasteiger charge is -2.15. The maximum Gasteiger partial charge on any atom is 0.197 e. The summed E-state index contributed by atoms with van der Waals surface area (Å²) in [5, 5.41) is 3.61. The zero-order valence-corrected chi connectivity index (χ0v) is 12.3. The van der Waals surface area contributed by atoms with Crippen LogP contribution >= 0.6 is 0 Å². The van der Waals surface area contributed by atoms with Crippen LogP contribution in [0.4, 0.5) is 0 Å². The molecule has 1 aliphatic heterocycles. The van der Waals surface area contributed by atoms with E-state index in [4.69, 9.17) is 4.74 Å². The molecule has 0 bridgehead atoms. The summed E-state index contributed by atoms with van der Waals surface area (Å²) in [6.45, 7) is 0.570. The van der Waals surface area contributed by atoms with Gasteiger partial charge in [-0.15, -0.1) is 0 Å². The summed E-state index contributed by atoms with van der Waals surface area (Å²) in [7, 11) is 0. The number of rotatable bonds is 0. The normalized spacial score (nSPS) is 13.4. The van der Waals surface area contributed by atoms with Crippen molar-refractivity contribution in [1.29, 1.82) is 0 Å². The van der Waals surface area contributed by atoms with Gasteiger partial charge in [-0.3, -0.25) is 4.79 Å². The van der Waals surface area contributed by atoms with Gasteiger partial charge in [0.15, 0.2) is 5.43 Å². The van der Waals surface area contributed by atoms with Crippen molar-refractivity contribution in [3.05, 3.63) is 70.4 Å².